The van der Waals surface area contributed by atoms with Gasteiger partial charge >= 0.3 is 0 Å². The molecule has 2 aromatic rings. The van der Waals surface area contributed by atoms with E-state index in [4.69, 9.17) is 0 Å². The molecule has 0 fully saturated rings. The van der Waals surface area contributed by atoms with Gasteiger partial charge in [0, 0.05) is 29.3 Å². The summed E-state index contributed by atoms with van der Waals surface area (Å²) in [5.74, 6) is 0. The van der Waals surface area contributed by atoms with Crippen LogP contribution >= 0.6 is 47.9 Å². The molecule has 0 saturated carbocycles. The first-order valence-corrected chi connectivity index (χ1v) is 7.36. The minimum atomic E-state index is 0.961. The van der Waals surface area contributed by atoms with Crippen molar-refractivity contribution >= 4 is 57.7 Å². The van der Waals surface area contributed by atoms with Crippen LogP contribution in [0.4, 0.5) is 0 Å². The Morgan fingerprint density at radius 1 is 0.812 bits per heavy atom. The maximum atomic E-state index is 4.57. The van der Waals surface area contributed by atoms with Crippen molar-refractivity contribution in [3.8, 4) is 0 Å². The predicted octanol–water partition coefficient (Wildman–Crippen LogP) is 5.11. The number of aryl methyl sites for hydroxylation is 2. The van der Waals surface area contributed by atoms with E-state index in [2.05, 4.69) is 63.4 Å². The average Bonchev–Trinajstić information content (AvgIpc) is 2.85. The van der Waals surface area contributed by atoms with Crippen LogP contribution in [0.2, 0.25) is 0 Å². The van der Waals surface area contributed by atoms with Crippen molar-refractivity contribution in [3.05, 3.63) is 43.8 Å². The summed E-state index contributed by atoms with van der Waals surface area (Å²) in [6, 6.07) is 8.41. The number of thiol groups is 2. The Labute approximate surface area is 115 Å². The smallest absolute Gasteiger partial charge is 0.0418 e. The van der Waals surface area contributed by atoms with Gasteiger partial charge in [0.2, 0.25) is 0 Å². The molecule has 0 saturated heterocycles. The fourth-order valence-corrected chi connectivity index (χ4v) is 3.81. The zero-order valence-electron chi connectivity index (χ0n) is 9.02. The van der Waals surface area contributed by atoms with E-state index in [1.165, 1.54) is 19.5 Å². The maximum Gasteiger partial charge on any atom is 0.0418 e. The summed E-state index contributed by atoms with van der Waals surface area (Å²) in [5, 5.41) is 0. The van der Waals surface area contributed by atoms with Crippen LogP contribution in [0.25, 0.3) is 9.81 Å². The molecule has 2 aromatic heterocycles. The SMILES string of the molecule is Cc1ccc(C(S)=C(S)c2ccc(C)s2)s1. The van der Waals surface area contributed by atoms with Crippen LogP contribution in [0, 0.1) is 13.8 Å². The zero-order chi connectivity index (χ0) is 11.7. The molecule has 0 aromatic carbocycles. The number of hydrogen-bond acceptors (Lipinski definition) is 4. The molecular formula is C12H12S4. The van der Waals surface area contributed by atoms with Crippen molar-refractivity contribution in [1.29, 1.82) is 0 Å². The lowest BCUT2D eigenvalue weighted by molar-refractivity contribution is 1.64. The monoisotopic (exact) mass is 284 g/mol. The highest BCUT2D eigenvalue weighted by atomic mass is 32.1. The van der Waals surface area contributed by atoms with Gasteiger partial charge in [0.25, 0.3) is 0 Å². The summed E-state index contributed by atoms with van der Waals surface area (Å²) in [7, 11) is 0. The Hall–Kier alpha value is -0.160. The molecule has 0 aliphatic rings. The molecule has 0 N–H and O–H groups in total. The van der Waals surface area contributed by atoms with Gasteiger partial charge in [-0.1, -0.05) is 0 Å². The van der Waals surface area contributed by atoms with E-state index in [0.29, 0.717) is 0 Å². The molecule has 4 heteroatoms. The van der Waals surface area contributed by atoms with Gasteiger partial charge in [-0.15, -0.1) is 47.9 Å². The molecule has 84 valence electrons. The third-order valence-electron chi connectivity index (χ3n) is 2.17. The second kappa shape index (κ2) is 5.00. The lowest BCUT2D eigenvalue weighted by Crippen LogP contribution is -1.74. The largest absolute Gasteiger partial charge is 0.141 e. The van der Waals surface area contributed by atoms with Gasteiger partial charge in [0.1, 0.15) is 0 Å². The van der Waals surface area contributed by atoms with Crippen LogP contribution in [0.3, 0.4) is 0 Å². The van der Waals surface area contributed by atoms with Crippen LogP contribution in [-0.2, 0) is 0 Å². The summed E-state index contributed by atoms with van der Waals surface area (Å²) in [4.78, 5) is 6.87. The number of thiophene rings is 2. The molecule has 0 aliphatic heterocycles. The molecule has 0 atom stereocenters. The first-order valence-electron chi connectivity index (χ1n) is 4.84. The maximum absolute atomic E-state index is 4.57. The molecule has 2 heterocycles. The Morgan fingerprint density at radius 3 is 1.44 bits per heavy atom. The Bertz CT molecular complexity index is 482. The summed E-state index contributed by atoms with van der Waals surface area (Å²) >= 11 is 12.6. The Balaban J connectivity index is 2.41. The van der Waals surface area contributed by atoms with Gasteiger partial charge < -0.3 is 0 Å². The number of hydrogen-bond donors (Lipinski definition) is 2. The van der Waals surface area contributed by atoms with E-state index in [1.807, 2.05) is 0 Å². The van der Waals surface area contributed by atoms with E-state index >= 15 is 0 Å². The van der Waals surface area contributed by atoms with Gasteiger partial charge in [0.05, 0.1) is 0 Å². The molecule has 0 bridgehead atoms. The molecule has 0 amide bonds. The van der Waals surface area contributed by atoms with Crippen LogP contribution in [0.5, 0.6) is 0 Å². The van der Waals surface area contributed by atoms with E-state index in [1.54, 1.807) is 22.7 Å². The minimum absolute atomic E-state index is 0.961. The van der Waals surface area contributed by atoms with Crippen molar-refractivity contribution in [3.63, 3.8) is 0 Å². The van der Waals surface area contributed by atoms with Crippen molar-refractivity contribution in [1.82, 2.24) is 0 Å². The van der Waals surface area contributed by atoms with Crippen LogP contribution in [0.1, 0.15) is 19.5 Å². The van der Waals surface area contributed by atoms with Crippen molar-refractivity contribution in [2.24, 2.45) is 0 Å². The predicted molar refractivity (Wildman–Crippen MR) is 82.9 cm³/mol. The highest BCUT2D eigenvalue weighted by Gasteiger charge is 2.08. The first-order chi connectivity index (χ1) is 7.58. The van der Waals surface area contributed by atoms with E-state index < -0.39 is 0 Å². The van der Waals surface area contributed by atoms with Crippen molar-refractivity contribution in [2.75, 3.05) is 0 Å². The Morgan fingerprint density at radius 2 is 1.19 bits per heavy atom. The standard InChI is InChI=1S/C12H12S4/c1-7-3-5-9(15-7)11(13)12(14)10-6-4-8(2)16-10/h3-6,13-14H,1-2H3. The van der Waals surface area contributed by atoms with Gasteiger partial charge in [-0.2, -0.15) is 0 Å². The van der Waals surface area contributed by atoms with Gasteiger partial charge in [-0.05, 0) is 38.1 Å². The van der Waals surface area contributed by atoms with Crippen molar-refractivity contribution in [2.45, 2.75) is 13.8 Å². The van der Waals surface area contributed by atoms with E-state index in [-0.39, 0.29) is 0 Å². The summed E-state index contributed by atoms with van der Waals surface area (Å²) in [5.41, 5.74) is 0. The van der Waals surface area contributed by atoms with Gasteiger partial charge in [0.15, 0.2) is 0 Å². The fourth-order valence-electron chi connectivity index (χ4n) is 1.36. The summed E-state index contributed by atoms with van der Waals surface area (Å²) in [6.07, 6.45) is 0. The molecule has 16 heavy (non-hydrogen) atoms. The van der Waals surface area contributed by atoms with Crippen molar-refractivity contribution < 1.29 is 0 Å². The second-order valence-corrected chi connectivity index (χ2v) is 6.99. The average molecular weight is 284 g/mol. The molecule has 0 radical (unpaired) electrons. The normalized spacial score (nSPS) is 12.8. The lowest BCUT2D eigenvalue weighted by atomic mass is 10.3. The van der Waals surface area contributed by atoms with Gasteiger partial charge in [-0.25, -0.2) is 0 Å². The number of rotatable bonds is 2. The van der Waals surface area contributed by atoms with Crippen LogP contribution in [-0.4, -0.2) is 0 Å². The second-order valence-electron chi connectivity index (χ2n) is 3.52. The van der Waals surface area contributed by atoms with Crippen LogP contribution in [0.15, 0.2) is 24.3 Å². The van der Waals surface area contributed by atoms with Crippen LogP contribution < -0.4 is 0 Å². The van der Waals surface area contributed by atoms with E-state index in [0.717, 1.165) is 9.81 Å². The minimum Gasteiger partial charge on any atom is -0.141 e. The Kier molecular flexibility index (Phi) is 3.85. The molecule has 0 nitrogen and oxygen atoms in total. The summed E-state index contributed by atoms with van der Waals surface area (Å²) in [6.45, 7) is 4.20. The molecule has 0 aliphatic carbocycles. The molecule has 0 spiro atoms. The highest BCUT2D eigenvalue weighted by molar-refractivity contribution is 7.97. The first kappa shape index (κ1) is 12.3. The molecule has 2 rings (SSSR count). The quantitative estimate of drug-likeness (QED) is 0.703. The topological polar surface area (TPSA) is 0 Å². The fraction of sp³-hybridized carbons (Fsp3) is 0.167. The lowest BCUT2D eigenvalue weighted by Gasteiger charge is -2.01. The zero-order valence-corrected chi connectivity index (χ0v) is 12.4. The third-order valence-corrected chi connectivity index (χ3v) is 5.62. The third kappa shape index (κ3) is 2.56. The molecular weight excluding hydrogens is 272 g/mol. The summed E-state index contributed by atoms with van der Waals surface area (Å²) < 4.78 is 0. The molecule has 0 unspecified atom stereocenters. The van der Waals surface area contributed by atoms with Gasteiger partial charge in [-0.3, -0.25) is 0 Å². The van der Waals surface area contributed by atoms with E-state index in [9.17, 15) is 0 Å². The highest BCUT2D eigenvalue weighted by Crippen LogP contribution is 2.37.